The molecule has 1 saturated heterocycles. The van der Waals surface area contributed by atoms with Crippen molar-refractivity contribution in [2.45, 2.75) is 17.7 Å². The first-order valence-electron chi connectivity index (χ1n) is 5.79. The van der Waals surface area contributed by atoms with Crippen molar-refractivity contribution in [2.24, 2.45) is 0 Å². The third-order valence-electron chi connectivity index (χ3n) is 2.87. The van der Waals surface area contributed by atoms with Crippen molar-refractivity contribution in [1.82, 2.24) is 4.90 Å². The van der Waals surface area contributed by atoms with Gasteiger partial charge in [-0.05, 0) is 38.1 Å². The lowest BCUT2D eigenvalue weighted by molar-refractivity contribution is 0.112. The highest BCUT2D eigenvalue weighted by atomic mass is 32.2. The molecule has 1 aliphatic rings. The SMILES string of the molecule is O=Cc1cccc(SCCN2CCCC2)c1. The summed E-state index contributed by atoms with van der Waals surface area (Å²) in [7, 11) is 0. The smallest absolute Gasteiger partial charge is 0.150 e. The standard InChI is InChI=1S/C13H17NOS/c15-11-12-4-3-5-13(10-12)16-9-8-14-6-1-2-7-14/h3-5,10-11H,1-2,6-9H2. The van der Waals surface area contributed by atoms with Gasteiger partial charge in [-0.3, -0.25) is 4.79 Å². The maximum absolute atomic E-state index is 10.6. The largest absolute Gasteiger partial charge is 0.303 e. The number of thioether (sulfide) groups is 1. The van der Waals surface area contributed by atoms with Gasteiger partial charge in [0.15, 0.2) is 0 Å². The van der Waals surface area contributed by atoms with Gasteiger partial charge >= 0.3 is 0 Å². The van der Waals surface area contributed by atoms with E-state index in [1.807, 2.05) is 30.0 Å². The molecule has 0 spiro atoms. The van der Waals surface area contributed by atoms with Crippen LogP contribution in [0.5, 0.6) is 0 Å². The van der Waals surface area contributed by atoms with E-state index in [1.165, 1.54) is 30.8 Å². The number of hydrogen-bond acceptors (Lipinski definition) is 3. The second kappa shape index (κ2) is 6.06. The van der Waals surface area contributed by atoms with Crippen LogP contribution in [0.25, 0.3) is 0 Å². The molecule has 0 N–H and O–H groups in total. The number of likely N-dealkylation sites (tertiary alicyclic amines) is 1. The highest BCUT2D eigenvalue weighted by Crippen LogP contribution is 2.19. The van der Waals surface area contributed by atoms with Gasteiger partial charge in [-0.1, -0.05) is 12.1 Å². The topological polar surface area (TPSA) is 20.3 Å². The molecule has 0 aliphatic carbocycles. The fourth-order valence-electron chi connectivity index (χ4n) is 1.98. The summed E-state index contributed by atoms with van der Waals surface area (Å²) in [6.07, 6.45) is 3.61. The zero-order valence-electron chi connectivity index (χ0n) is 9.39. The van der Waals surface area contributed by atoms with Gasteiger partial charge in [-0.2, -0.15) is 0 Å². The summed E-state index contributed by atoms with van der Waals surface area (Å²) in [5.41, 5.74) is 0.770. The maximum Gasteiger partial charge on any atom is 0.150 e. The average molecular weight is 235 g/mol. The number of aldehydes is 1. The summed E-state index contributed by atoms with van der Waals surface area (Å²) in [5.74, 6) is 1.11. The van der Waals surface area contributed by atoms with Gasteiger partial charge < -0.3 is 4.90 Å². The fourth-order valence-corrected chi connectivity index (χ4v) is 2.96. The van der Waals surface area contributed by atoms with Crippen LogP contribution < -0.4 is 0 Å². The monoisotopic (exact) mass is 235 g/mol. The summed E-state index contributed by atoms with van der Waals surface area (Å²) < 4.78 is 0. The van der Waals surface area contributed by atoms with E-state index < -0.39 is 0 Å². The minimum absolute atomic E-state index is 0.770. The normalized spacial score (nSPS) is 16.5. The Balaban J connectivity index is 1.77. The molecule has 16 heavy (non-hydrogen) atoms. The molecule has 2 nitrogen and oxygen atoms in total. The lowest BCUT2D eigenvalue weighted by atomic mass is 10.2. The Labute approximate surface area is 101 Å². The van der Waals surface area contributed by atoms with Crippen molar-refractivity contribution < 1.29 is 4.79 Å². The van der Waals surface area contributed by atoms with Crippen LogP contribution in [0.4, 0.5) is 0 Å². The lowest BCUT2D eigenvalue weighted by Gasteiger charge is -2.13. The Hall–Kier alpha value is -0.800. The summed E-state index contributed by atoms with van der Waals surface area (Å²) in [6.45, 7) is 3.68. The number of benzene rings is 1. The van der Waals surface area contributed by atoms with E-state index in [9.17, 15) is 4.79 Å². The van der Waals surface area contributed by atoms with Crippen LogP contribution >= 0.6 is 11.8 Å². The number of carbonyl (C=O) groups excluding carboxylic acids is 1. The molecular weight excluding hydrogens is 218 g/mol. The molecule has 1 fully saturated rings. The van der Waals surface area contributed by atoms with Crippen molar-refractivity contribution in [1.29, 1.82) is 0 Å². The van der Waals surface area contributed by atoms with Gasteiger partial charge in [0, 0.05) is 22.8 Å². The zero-order chi connectivity index (χ0) is 11.2. The first-order valence-corrected chi connectivity index (χ1v) is 6.77. The molecule has 1 aliphatic heterocycles. The Morgan fingerprint density at radius 3 is 2.88 bits per heavy atom. The van der Waals surface area contributed by atoms with Crippen molar-refractivity contribution in [2.75, 3.05) is 25.4 Å². The summed E-state index contributed by atoms with van der Waals surface area (Å²) >= 11 is 1.84. The molecule has 0 bridgehead atoms. The number of hydrogen-bond donors (Lipinski definition) is 0. The van der Waals surface area contributed by atoms with E-state index in [2.05, 4.69) is 11.0 Å². The van der Waals surface area contributed by atoms with Crippen molar-refractivity contribution in [3.8, 4) is 0 Å². The first kappa shape index (κ1) is 11.7. The third kappa shape index (κ3) is 3.35. The highest BCUT2D eigenvalue weighted by molar-refractivity contribution is 7.99. The predicted octanol–water partition coefficient (Wildman–Crippen LogP) is 2.69. The summed E-state index contributed by atoms with van der Waals surface area (Å²) in [4.78, 5) is 14.3. The van der Waals surface area contributed by atoms with E-state index in [0.29, 0.717) is 0 Å². The Kier molecular flexibility index (Phi) is 4.43. The van der Waals surface area contributed by atoms with Gasteiger partial charge in [-0.25, -0.2) is 0 Å². The van der Waals surface area contributed by atoms with Gasteiger partial charge in [0.1, 0.15) is 6.29 Å². The summed E-state index contributed by atoms with van der Waals surface area (Å²) in [6, 6.07) is 7.82. The molecule has 0 aromatic heterocycles. The third-order valence-corrected chi connectivity index (χ3v) is 3.84. The zero-order valence-corrected chi connectivity index (χ0v) is 10.2. The minimum Gasteiger partial charge on any atom is -0.303 e. The first-order chi connectivity index (χ1) is 7.88. The van der Waals surface area contributed by atoms with Crippen molar-refractivity contribution >= 4 is 18.0 Å². The fraction of sp³-hybridized carbons (Fsp3) is 0.462. The van der Waals surface area contributed by atoms with Crippen LogP contribution in [0.1, 0.15) is 23.2 Å². The van der Waals surface area contributed by atoms with Gasteiger partial charge in [0.2, 0.25) is 0 Å². The number of carbonyl (C=O) groups is 1. The Bertz CT molecular complexity index is 348. The van der Waals surface area contributed by atoms with Crippen LogP contribution in [0, 0.1) is 0 Å². The molecule has 0 saturated carbocycles. The second-order valence-corrected chi connectivity index (χ2v) is 5.26. The molecule has 86 valence electrons. The van der Waals surface area contributed by atoms with E-state index in [4.69, 9.17) is 0 Å². The Morgan fingerprint density at radius 2 is 2.12 bits per heavy atom. The van der Waals surface area contributed by atoms with Crippen LogP contribution in [0.3, 0.4) is 0 Å². The molecule has 2 rings (SSSR count). The minimum atomic E-state index is 0.770. The average Bonchev–Trinajstić information content (AvgIpc) is 2.82. The van der Waals surface area contributed by atoms with E-state index in [0.717, 1.165) is 24.1 Å². The number of rotatable bonds is 5. The quantitative estimate of drug-likeness (QED) is 0.578. The molecule has 0 unspecified atom stereocenters. The van der Waals surface area contributed by atoms with Crippen molar-refractivity contribution in [3.63, 3.8) is 0 Å². The maximum atomic E-state index is 10.6. The van der Waals surface area contributed by atoms with E-state index >= 15 is 0 Å². The van der Waals surface area contributed by atoms with Crippen molar-refractivity contribution in [3.05, 3.63) is 29.8 Å². The molecule has 0 amide bonds. The Morgan fingerprint density at radius 1 is 1.31 bits per heavy atom. The van der Waals surface area contributed by atoms with Crippen LogP contribution in [-0.2, 0) is 0 Å². The number of nitrogens with zero attached hydrogens (tertiary/aromatic N) is 1. The predicted molar refractivity (Wildman–Crippen MR) is 68.2 cm³/mol. The van der Waals surface area contributed by atoms with Gasteiger partial charge in [0.25, 0.3) is 0 Å². The van der Waals surface area contributed by atoms with E-state index in [-0.39, 0.29) is 0 Å². The molecule has 0 atom stereocenters. The van der Waals surface area contributed by atoms with Crippen LogP contribution in [0.15, 0.2) is 29.2 Å². The molecule has 1 aromatic rings. The second-order valence-electron chi connectivity index (χ2n) is 4.09. The highest BCUT2D eigenvalue weighted by Gasteiger charge is 2.10. The molecule has 1 aromatic carbocycles. The van der Waals surface area contributed by atoms with Gasteiger partial charge in [-0.15, -0.1) is 11.8 Å². The van der Waals surface area contributed by atoms with E-state index in [1.54, 1.807) is 0 Å². The molecule has 0 radical (unpaired) electrons. The summed E-state index contributed by atoms with van der Waals surface area (Å²) in [5, 5.41) is 0. The van der Waals surface area contributed by atoms with Gasteiger partial charge in [0.05, 0.1) is 0 Å². The van der Waals surface area contributed by atoms with Crippen LogP contribution in [-0.4, -0.2) is 36.6 Å². The molecular formula is C13H17NOS. The molecule has 1 heterocycles. The lowest BCUT2D eigenvalue weighted by Crippen LogP contribution is -2.21. The van der Waals surface area contributed by atoms with Crippen LogP contribution in [0.2, 0.25) is 0 Å². The molecule has 3 heteroatoms.